The van der Waals surface area contributed by atoms with Crippen LogP contribution in [0.15, 0.2) is 29.2 Å². The lowest BCUT2D eigenvalue weighted by Crippen LogP contribution is -2.34. The SMILES string of the molecule is COC(=O)CNS(=O)(=O)c1cccc(NC(=O)C2CCCC(N)C2)c1.Cl. The van der Waals surface area contributed by atoms with Crippen LogP contribution in [-0.2, 0) is 24.3 Å². The lowest BCUT2D eigenvalue weighted by atomic mass is 9.85. The number of nitrogens with one attached hydrogen (secondary N) is 2. The largest absolute Gasteiger partial charge is 0.468 e. The lowest BCUT2D eigenvalue weighted by Gasteiger charge is -2.25. The second-order valence-electron chi connectivity index (χ2n) is 6.04. The van der Waals surface area contributed by atoms with Gasteiger partial charge in [0.15, 0.2) is 0 Å². The second kappa shape index (κ2) is 9.86. The van der Waals surface area contributed by atoms with E-state index in [1.165, 1.54) is 25.3 Å². The molecular formula is C16H24ClN3O5S. The number of ether oxygens (including phenoxy) is 1. The van der Waals surface area contributed by atoms with Crippen molar-refractivity contribution < 1.29 is 22.7 Å². The molecule has 1 saturated carbocycles. The standard InChI is InChI=1S/C16H23N3O5S.ClH/c1-24-15(20)10-18-25(22,23)14-7-3-6-13(9-14)19-16(21)11-4-2-5-12(17)8-11;/h3,6-7,9,11-12,18H,2,4-5,8,10,17H2,1H3,(H,19,21);1H. The Kier molecular flexibility index (Phi) is 8.48. The Bertz CT molecular complexity index is 741. The molecule has 2 rings (SSSR count). The van der Waals surface area contributed by atoms with Crippen molar-refractivity contribution in [2.24, 2.45) is 11.7 Å². The molecule has 0 heterocycles. The molecule has 1 fully saturated rings. The van der Waals surface area contributed by atoms with Crippen molar-refractivity contribution in [2.75, 3.05) is 19.0 Å². The fraction of sp³-hybridized carbons (Fsp3) is 0.500. The van der Waals surface area contributed by atoms with Crippen LogP contribution in [0.5, 0.6) is 0 Å². The van der Waals surface area contributed by atoms with Crippen LogP contribution in [-0.4, -0.2) is 40.0 Å². The number of esters is 1. The van der Waals surface area contributed by atoms with Gasteiger partial charge in [0.1, 0.15) is 6.54 Å². The molecule has 1 amide bonds. The van der Waals surface area contributed by atoms with Gasteiger partial charge in [0.2, 0.25) is 15.9 Å². The van der Waals surface area contributed by atoms with Crippen molar-refractivity contribution in [2.45, 2.75) is 36.6 Å². The molecule has 26 heavy (non-hydrogen) atoms. The number of benzene rings is 1. The van der Waals surface area contributed by atoms with E-state index in [4.69, 9.17) is 5.73 Å². The van der Waals surface area contributed by atoms with Gasteiger partial charge in [0.05, 0.1) is 12.0 Å². The van der Waals surface area contributed by atoms with E-state index in [9.17, 15) is 18.0 Å². The van der Waals surface area contributed by atoms with Crippen LogP contribution in [0.3, 0.4) is 0 Å². The van der Waals surface area contributed by atoms with Gasteiger partial charge < -0.3 is 15.8 Å². The summed E-state index contributed by atoms with van der Waals surface area (Å²) in [5.41, 5.74) is 6.28. The van der Waals surface area contributed by atoms with Crippen LogP contribution in [0, 0.1) is 5.92 Å². The van der Waals surface area contributed by atoms with Gasteiger partial charge in [-0.05, 0) is 37.5 Å². The van der Waals surface area contributed by atoms with Gasteiger partial charge in [0.25, 0.3) is 0 Å². The maximum absolute atomic E-state index is 12.3. The Morgan fingerprint density at radius 3 is 2.69 bits per heavy atom. The Labute approximate surface area is 159 Å². The predicted octanol–water partition coefficient (Wildman–Crippen LogP) is 1.02. The Hall–Kier alpha value is -1.68. The van der Waals surface area contributed by atoms with Gasteiger partial charge in [0, 0.05) is 17.6 Å². The Morgan fingerprint density at radius 2 is 2.04 bits per heavy atom. The van der Waals surface area contributed by atoms with Gasteiger partial charge in [-0.1, -0.05) is 12.5 Å². The summed E-state index contributed by atoms with van der Waals surface area (Å²) in [6, 6.07) is 5.89. The van der Waals surface area contributed by atoms with Crippen LogP contribution >= 0.6 is 12.4 Å². The van der Waals surface area contributed by atoms with E-state index in [0.29, 0.717) is 12.1 Å². The first-order chi connectivity index (χ1) is 11.8. The summed E-state index contributed by atoms with van der Waals surface area (Å²) in [6.45, 7) is -0.463. The van der Waals surface area contributed by atoms with Crippen LogP contribution in [0.2, 0.25) is 0 Å². The Morgan fingerprint density at radius 1 is 1.31 bits per heavy atom. The van der Waals surface area contributed by atoms with Crippen molar-refractivity contribution in [1.82, 2.24) is 4.72 Å². The number of sulfonamides is 1. The fourth-order valence-corrected chi connectivity index (χ4v) is 3.77. The summed E-state index contributed by atoms with van der Waals surface area (Å²) >= 11 is 0. The molecule has 0 radical (unpaired) electrons. The molecule has 1 aliphatic carbocycles. The van der Waals surface area contributed by atoms with Gasteiger partial charge in [-0.15, -0.1) is 12.4 Å². The minimum absolute atomic E-state index is 0. The first kappa shape index (κ1) is 22.4. The van der Waals surface area contributed by atoms with E-state index in [1.807, 2.05) is 0 Å². The monoisotopic (exact) mass is 405 g/mol. The third kappa shape index (κ3) is 6.24. The minimum atomic E-state index is -3.88. The molecular weight excluding hydrogens is 382 g/mol. The molecule has 0 aromatic heterocycles. The van der Waals surface area contributed by atoms with Gasteiger partial charge in [-0.3, -0.25) is 9.59 Å². The zero-order chi connectivity index (χ0) is 18.4. The van der Waals surface area contributed by atoms with E-state index < -0.39 is 22.5 Å². The van der Waals surface area contributed by atoms with E-state index in [1.54, 1.807) is 6.07 Å². The average Bonchev–Trinajstić information content (AvgIpc) is 2.60. The number of carbonyl (C=O) groups excluding carboxylic acids is 2. The number of anilines is 1. The van der Waals surface area contributed by atoms with Crippen LogP contribution in [0.1, 0.15) is 25.7 Å². The van der Waals surface area contributed by atoms with Crippen LogP contribution < -0.4 is 15.8 Å². The molecule has 1 aromatic rings. The molecule has 0 saturated heterocycles. The lowest BCUT2D eigenvalue weighted by molar-refractivity contribution is -0.139. The molecule has 10 heteroatoms. The number of carbonyl (C=O) groups is 2. The van der Waals surface area contributed by atoms with Crippen molar-refractivity contribution in [3.8, 4) is 0 Å². The number of methoxy groups -OCH3 is 1. The van der Waals surface area contributed by atoms with Gasteiger partial charge >= 0.3 is 5.97 Å². The maximum Gasteiger partial charge on any atom is 0.320 e. The molecule has 2 unspecified atom stereocenters. The van der Waals surface area contributed by atoms with Gasteiger partial charge in [-0.25, -0.2) is 8.42 Å². The smallest absolute Gasteiger partial charge is 0.320 e. The highest BCUT2D eigenvalue weighted by molar-refractivity contribution is 7.89. The third-order valence-corrected chi connectivity index (χ3v) is 5.53. The summed E-state index contributed by atoms with van der Waals surface area (Å²) in [6.07, 6.45) is 3.23. The summed E-state index contributed by atoms with van der Waals surface area (Å²) in [5, 5.41) is 2.74. The zero-order valence-electron chi connectivity index (χ0n) is 14.4. The summed E-state index contributed by atoms with van der Waals surface area (Å²) in [4.78, 5) is 23.4. The molecule has 146 valence electrons. The summed E-state index contributed by atoms with van der Waals surface area (Å²) in [5.74, 6) is -1.02. The molecule has 0 spiro atoms. The third-order valence-electron chi connectivity index (χ3n) is 4.13. The highest BCUT2D eigenvalue weighted by Gasteiger charge is 2.25. The first-order valence-electron chi connectivity index (χ1n) is 8.05. The number of rotatable bonds is 6. The van der Waals surface area contributed by atoms with Crippen LogP contribution in [0.4, 0.5) is 5.69 Å². The zero-order valence-corrected chi connectivity index (χ0v) is 16.1. The van der Waals surface area contributed by atoms with Crippen molar-refractivity contribution >= 4 is 40.0 Å². The molecule has 1 aliphatic rings. The van der Waals surface area contributed by atoms with Gasteiger partial charge in [-0.2, -0.15) is 4.72 Å². The van der Waals surface area contributed by atoms with E-state index in [0.717, 1.165) is 19.3 Å². The normalized spacial score (nSPS) is 19.9. The van der Waals surface area contributed by atoms with Crippen molar-refractivity contribution in [1.29, 1.82) is 0 Å². The van der Waals surface area contributed by atoms with E-state index in [2.05, 4.69) is 14.8 Å². The number of hydrogen-bond acceptors (Lipinski definition) is 6. The quantitative estimate of drug-likeness (QED) is 0.606. The van der Waals surface area contributed by atoms with Crippen LogP contribution in [0.25, 0.3) is 0 Å². The van der Waals surface area contributed by atoms with E-state index >= 15 is 0 Å². The van der Waals surface area contributed by atoms with Crippen molar-refractivity contribution in [3.05, 3.63) is 24.3 Å². The number of amides is 1. The molecule has 4 N–H and O–H groups in total. The molecule has 1 aromatic carbocycles. The van der Waals surface area contributed by atoms with E-state index in [-0.39, 0.29) is 35.2 Å². The maximum atomic E-state index is 12.3. The minimum Gasteiger partial charge on any atom is -0.468 e. The molecule has 0 aliphatic heterocycles. The van der Waals surface area contributed by atoms with Crippen molar-refractivity contribution in [3.63, 3.8) is 0 Å². The molecule has 8 nitrogen and oxygen atoms in total. The predicted molar refractivity (Wildman–Crippen MR) is 99.5 cm³/mol. The topological polar surface area (TPSA) is 128 Å². The molecule has 0 bridgehead atoms. The molecule has 2 atom stereocenters. The second-order valence-corrected chi connectivity index (χ2v) is 7.81. The first-order valence-corrected chi connectivity index (χ1v) is 9.53. The summed E-state index contributed by atoms with van der Waals surface area (Å²) in [7, 11) is -2.71. The highest BCUT2D eigenvalue weighted by atomic mass is 35.5. The number of nitrogens with two attached hydrogens (primary N) is 1. The highest BCUT2D eigenvalue weighted by Crippen LogP contribution is 2.25. The number of halogens is 1. The number of hydrogen-bond donors (Lipinski definition) is 3. The Balaban J connectivity index is 0.00000338. The fourth-order valence-electron chi connectivity index (χ4n) is 2.76. The summed E-state index contributed by atoms with van der Waals surface area (Å²) < 4.78 is 30.9. The average molecular weight is 406 g/mol.